The predicted molar refractivity (Wildman–Crippen MR) is 147 cm³/mol. The maximum Gasteiger partial charge on any atom is 0.144 e. The van der Waals surface area contributed by atoms with Gasteiger partial charge in [-0.05, 0) is 25.1 Å². The van der Waals surface area contributed by atoms with E-state index in [1.54, 1.807) is 16.6 Å². The fourth-order valence-corrected chi connectivity index (χ4v) is 5.61. The van der Waals surface area contributed by atoms with Crippen molar-refractivity contribution in [3.8, 4) is 33.3 Å². The number of piperazine rings is 1. The Hall–Kier alpha value is -3.87. The molecule has 4 N–H and O–H groups in total. The molecule has 4 aromatic rings. The van der Waals surface area contributed by atoms with Crippen LogP contribution in [0.4, 0.5) is 4.39 Å². The van der Waals surface area contributed by atoms with E-state index in [9.17, 15) is 0 Å². The molecule has 1 aromatic carbocycles. The van der Waals surface area contributed by atoms with E-state index < -0.39 is 5.82 Å². The van der Waals surface area contributed by atoms with Gasteiger partial charge in [0.2, 0.25) is 0 Å². The van der Waals surface area contributed by atoms with E-state index in [2.05, 4.69) is 20.3 Å². The number of methoxy groups -OCH3 is 1. The van der Waals surface area contributed by atoms with E-state index in [0.717, 1.165) is 61.6 Å². The lowest BCUT2D eigenvalue weighted by Gasteiger charge is -2.26. The second kappa shape index (κ2) is 11.3. The number of thiazole rings is 1. The largest absolute Gasteiger partial charge is 0.496 e. The smallest absolute Gasteiger partial charge is 0.144 e. The summed E-state index contributed by atoms with van der Waals surface area (Å²) >= 11 is 1.26. The van der Waals surface area contributed by atoms with Crippen molar-refractivity contribution in [1.29, 1.82) is 5.41 Å². The third kappa shape index (κ3) is 5.10. The average Bonchev–Trinajstić information content (AvgIpc) is 3.49. The van der Waals surface area contributed by atoms with Gasteiger partial charge in [0.1, 0.15) is 41.1 Å². The third-order valence-corrected chi connectivity index (χ3v) is 7.47. The number of nitrogens with two attached hydrogens (primary N) is 1. The van der Waals surface area contributed by atoms with Crippen LogP contribution in [0.25, 0.3) is 27.3 Å². The normalized spacial score (nSPS) is 14.7. The number of ether oxygens (including phenoxy) is 2. The van der Waals surface area contributed by atoms with Gasteiger partial charge in [0.05, 0.1) is 40.0 Å². The van der Waals surface area contributed by atoms with Crippen molar-refractivity contribution in [3.63, 3.8) is 0 Å². The van der Waals surface area contributed by atoms with Crippen molar-refractivity contribution < 1.29 is 13.9 Å². The van der Waals surface area contributed by atoms with E-state index in [0.29, 0.717) is 27.9 Å². The maximum atomic E-state index is 15.1. The van der Waals surface area contributed by atoms with Crippen LogP contribution in [0.3, 0.4) is 0 Å². The number of nitrogens with one attached hydrogen (secondary N) is 2. The molecule has 0 atom stereocenters. The first-order valence-corrected chi connectivity index (χ1v) is 13.0. The molecule has 0 radical (unpaired) electrons. The first-order valence-electron chi connectivity index (χ1n) is 12.2. The molecule has 0 aliphatic carbocycles. The Bertz CT molecular complexity index is 1490. The molecule has 0 saturated carbocycles. The highest BCUT2D eigenvalue weighted by Crippen LogP contribution is 2.41. The Morgan fingerprint density at radius 2 is 2.11 bits per heavy atom. The van der Waals surface area contributed by atoms with Crippen LogP contribution >= 0.6 is 11.3 Å². The number of rotatable bonds is 9. The van der Waals surface area contributed by atoms with Crippen LogP contribution in [0.2, 0.25) is 0 Å². The van der Waals surface area contributed by atoms with Crippen LogP contribution in [-0.2, 0) is 0 Å². The minimum atomic E-state index is -0.498. The Balaban J connectivity index is 1.54. The van der Waals surface area contributed by atoms with Crippen molar-refractivity contribution in [1.82, 2.24) is 24.8 Å². The quantitative estimate of drug-likeness (QED) is 0.222. The molecule has 1 fully saturated rings. The van der Waals surface area contributed by atoms with Crippen molar-refractivity contribution >= 4 is 29.0 Å². The summed E-state index contributed by atoms with van der Waals surface area (Å²) in [6, 6.07) is 8.40. The third-order valence-electron chi connectivity index (χ3n) is 6.38. The van der Waals surface area contributed by atoms with Gasteiger partial charge in [0.25, 0.3) is 0 Å². The lowest BCUT2D eigenvalue weighted by atomic mass is 10.1. The first kappa shape index (κ1) is 25.8. The SMILES string of the molecule is COc1cccc(F)c1-c1nc(-c2c(C)nn3ccc(OCCN4CCNCC4)cc23)sc1C(N)=NC=N. The van der Waals surface area contributed by atoms with Crippen LogP contribution in [0.1, 0.15) is 10.6 Å². The summed E-state index contributed by atoms with van der Waals surface area (Å²) in [6.45, 7) is 7.35. The number of halogens is 1. The molecule has 1 aliphatic heterocycles. The molecule has 12 heteroatoms. The van der Waals surface area contributed by atoms with Crippen molar-refractivity contribution in [2.24, 2.45) is 10.7 Å². The summed E-state index contributed by atoms with van der Waals surface area (Å²) in [4.78, 5) is 11.6. The summed E-state index contributed by atoms with van der Waals surface area (Å²) in [6.07, 6.45) is 2.70. The lowest BCUT2D eigenvalue weighted by Crippen LogP contribution is -2.44. The zero-order valence-corrected chi connectivity index (χ0v) is 22.0. The Morgan fingerprint density at radius 1 is 1.29 bits per heavy atom. The fourth-order valence-electron chi connectivity index (χ4n) is 4.53. The predicted octanol–water partition coefficient (Wildman–Crippen LogP) is 3.18. The number of amidine groups is 1. The van der Waals surface area contributed by atoms with Gasteiger partial charge in [0, 0.05) is 45.0 Å². The van der Waals surface area contributed by atoms with Gasteiger partial charge < -0.3 is 20.5 Å². The summed E-state index contributed by atoms with van der Waals surface area (Å²) in [5.41, 5.74) is 9.02. The molecule has 0 unspecified atom stereocenters. The van der Waals surface area contributed by atoms with Gasteiger partial charge in [-0.3, -0.25) is 10.3 Å². The molecular weight excluding hydrogens is 507 g/mol. The highest BCUT2D eigenvalue weighted by Gasteiger charge is 2.25. The average molecular weight is 537 g/mol. The summed E-state index contributed by atoms with van der Waals surface area (Å²) < 4.78 is 28.3. The van der Waals surface area contributed by atoms with E-state index in [1.807, 2.05) is 25.3 Å². The highest BCUT2D eigenvalue weighted by atomic mass is 32.1. The standard InChI is InChI=1S/C26H29FN8O2S/c1-16-21(19-14-17(6-9-35(19)33-16)37-13-12-34-10-7-30-8-11-34)26-32-23(24(38-26)25(29)31-15-28)22-18(27)4-3-5-20(22)36-2/h3-6,9,14-15,30H,7-8,10-13H2,1-2H3,(H3,28,29,31). The minimum absolute atomic E-state index is 0.0649. The Labute approximate surface area is 223 Å². The number of aliphatic imine (C=N–C) groups is 1. The summed E-state index contributed by atoms with van der Waals surface area (Å²) in [7, 11) is 1.47. The van der Waals surface area contributed by atoms with Gasteiger partial charge in [-0.15, -0.1) is 11.3 Å². The summed E-state index contributed by atoms with van der Waals surface area (Å²) in [5.74, 6) is 0.617. The monoisotopic (exact) mass is 536 g/mol. The molecule has 1 saturated heterocycles. The molecule has 198 valence electrons. The number of pyridine rings is 1. The zero-order chi connectivity index (χ0) is 26.6. The van der Waals surface area contributed by atoms with Gasteiger partial charge in [-0.1, -0.05) is 6.07 Å². The van der Waals surface area contributed by atoms with Gasteiger partial charge >= 0.3 is 0 Å². The number of hydrogen-bond donors (Lipinski definition) is 3. The van der Waals surface area contributed by atoms with Crippen LogP contribution in [0, 0.1) is 18.2 Å². The molecule has 5 rings (SSSR count). The molecule has 10 nitrogen and oxygen atoms in total. The minimum Gasteiger partial charge on any atom is -0.496 e. The van der Waals surface area contributed by atoms with E-state index in [4.69, 9.17) is 25.6 Å². The molecule has 0 spiro atoms. The molecule has 0 bridgehead atoms. The van der Waals surface area contributed by atoms with Crippen LogP contribution < -0.4 is 20.5 Å². The lowest BCUT2D eigenvalue weighted by molar-refractivity contribution is 0.191. The van der Waals surface area contributed by atoms with Gasteiger partial charge in [-0.25, -0.2) is 18.9 Å². The van der Waals surface area contributed by atoms with Crippen molar-refractivity contribution in [3.05, 3.63) is 52.9 Å². The highest BCUT2D eigenvalue weighted by molar-refractivity contribution is 7.17. The number of hydrogen-bond acceptors (Lipinski definition) is 8. The van der Waals surface area contributed by atoms with Gasteiger partial charge in [0.15, 0.2) is 0 Å². The number of fused-ring (bicyclic) bond motifs is 1. The van der Waals surface area contributed by atoms with E-state index >= 15 is 4.39 Å². The Kier molecular flexibility index (Phi) is 7.63. The van der Waals surface area contributed by atoms with Gasteiger partial charge in [-0.2, -0.15) is 5.10 Å². The van der Waals surface area contributed by atoms with Crippen molar-refractivity contribution in [2.45, 2.75) is 6.92 Å². The fraction of sp³-hybridized carbons (Fsp3) is 0.308. The maximum absolute atomic E-state index is 15.1. The van der Waals surface area contributed by atoms with Crippen LogP contribution in [0.5, 0.6) is 11.5 Å². The number of aromatic nitrogens is 3. The van der Waals surface area contributed by atoms with Crippen LogP contribution in [-0.4, -0.2) is 78.1 Å². The second-order valence-electron chi connectivity index (χ2n) is 8.75. The zero-order valence-electron chi connectivity index (χ0n) is 21.2. The van der Waals surface area contributed by atoms with E-state index in [1.165, 1.54) is 24.5 Å². The second-order valence-corrected chi connectivity index (χ2v) is 9.75. The molecule has 3 aromatic heterocycles. The molecule has 1 aliphatic rings. The molecular formula is C26H29FN8O2S. The van der Waals surface area contributed by atoms with E-state index in [-0.39, 0.29) is 11.4 Å². The molecule has 0 amide bonds. The Morgan fingerprint density at radius 3 is 2.87 bits per heavy atom. The van der Waals surface area contributed by atoms with Crippen molar-refractivity contribution in [2.75, 3.05) is 46.4 Å². The summed E-state index contributed by atoms with van der Waals surface area (Å²) in [5, 5.41) is 16.0. The molecule has 4 heterocycles. The first-order chi connectivity index (χ1) is 18.5. The molecule has 38 heavy (non-hydrogen) atoms. The number of nitrogens with zero attached hydrogens (tertiary/aromatic N) is 5. The topological polar surface area (TPSA) is 126 Å². The number of benzene rings is 1. The number of aryl methyl sites for hydroxylation is 1. The van der Waals surface area contributed by atoms with Crippen LogP contribution in [0.15, 0.2) is 41.5 Å².